The first-order chi connectivity index (χ1) is 47.9. The molecule has 3 saturated heterocycles. The molecular formula is C65H80N11O21P3. The molecule has 3 aromatic carbocycles. The Morgan fingerprint density at radius 3 is 1.49 bits per heavy atom. The molecule has 536 valence electrons. The van der Waals surface area contributed by atoms with E-state index < -0.39 is 140 Å². The number of benzene rings is 3. The minimum atomic E-state index is -5.09. The van der Waals surface area contributed by atoms with Crippen molar-refractivity contribution >= 4 is 30.0 Å². The van der Waals surface area contributed by atoms with Crippen LogP contribution in [0.5, 0.6) is 11.5 Å². The minimum absolute atomic E-state index is 0.000341. The maximum atomic E-state index is 15.7. The van der Waals surface area contributed by atoms with Crippen LogP contribution in [0.1, 0.15) is 113 Å². The molecule has 0 aliphatic carbocycles. The summed E-state index contributed by atoms with van der Waals surface area (Å²) >= 11 is 0. The number of phosphoric acid groups is 2. The van der Waals surface area contributed by atoms with Gasteiger partial charge >= 0.3 is 32.7 Å². The molecule has 35 heteroatoms. The molecule has 12 atom stereocenters. The van der Waals surface area contributed by atoms with Gasteiger partial charge in [0.1, 0.15) is 72.1 Å². The molecule has 9 rings (SSSR count). The van der Waals surface area contributed by atoms with Gasteiger partial charge < -0.3 is 43.2 Å². The number of hydrogen-bond acceptors (Lipinski definition) is 27. The number of nitrogens with one attached hydrogen (secondary N) is 2. The predicted molar refractivity (Wildman–Crippen MR) is 358 cm³/mol. The Bertz CT molecular complexity index is 4230. The van der Waals surface area contributed by atoms with E-state index in [9.17, 15) is 39.8 Å². The lowest BCUT2D eigenvalue weighted by Crippen LogP contribution is -2.38. The number of nitrogens with zero attached hydrogens (tertiary/aromatic N) is 8. The molecule has 0 bridgehead atoms. The van der Waals surface area contributed by atoms with Gasteiger partial charge in [-0.15, -0.1) is 0 Å². The third-order valence-electron chi connectivity index (χ3n) is 16.4. The lowest BCUT2D eigenvalue weighted by molar-refractivity contribution is -0.0961. The summed E-state index contributed by atoms with van der Waals surface area (Å²) in [5.74, 6) is 1.05. The predicted octanol–water partition coefficient (Wildman–Crippen LogP) is 7.97. The van der Waals surface area contributed by atoms with E-state index in [2.05, 4.69) is 21.0 Å². The highest BCUT2D eigenvalue weighted by Gasteiger charge is 2.50. The molecule has 0 radical (unpaired) electrons. The highest BCUT2D eigenvalue weighted by atomic mass is 31.2. The SMILES string of the molecule is COc1ccc(C(OC[C@H]2O[C@@H](n3cc(C)c(=O)[nH]c3=O)C[C@@H]2OP(=O)(OCCC#N)OC[C@H]2O[C@@H](n3cc(C)c(=O)[nH]c3=O)C[C@@H]2OP(=O)(OCCC#N)OC[C@H]2O[C@@H](n3ccc(N)nc3=O)C[C@@H]2OP(OCCC#N)N(C(C)C)C(C)C)(c2ccccc2)c2ccc(OC)cc2)cc1. The number of ether oxygens (including phenoxy) is 6. The summed E-state index contributed by atoms with van der Waals surface area (Å²) in [4.78, 5) is 74.4. The lowest BCUT2D eigenvalue weighted by atomic mass is 9.80. The molecule has 0 spiro atoms. The third-order valence-corrected chi connectivity index (χ3v) is 21.5. The third kappa shape index (κ3) is 18.6. The van der Waals surface area contributed by atoms with Crippen LogP contribution in [0.25, 0.3) is 0 Å². The van der Waals surface area contributed by atoms with E-state index in [-0.39, 0.29) is 80.8 Å². The summed E-state index contributed by atoms with van der Waals surface area (Å²) in [6.07, 6.45) is -8.94. The molecule has 0 amide bonds. The Hall–Kier alpha value is -7.86. The van der Waals surface area contributed by atoms with Crippen molar-refractivity contribution in [2.75, 3.05) is 59.6 Å². The maximum absolute atomic E-state index is 15.7. The molecule has 6 heterocycles. The zero-order valence-electron chi connectivity index (χ0n) is 56.2. The molecule has 3 unspecified atom stereocenters. The number of hydrogen-bond donors (Lipinski definition) is 3. The van der Waals surface area contributed by atoms with Crippen LogP contribution < -0.4 is 43.4 Å². The van der Waals surface area contributed by atoms with Gasteiger partial charge in [-0.3, -0.25) is 60.4 Å². The number of anilines is 1. The monoisotopic (exact) mass is 1440 g/mol. The van der Waals surface area contributed by atoms with Gasteiger partial charge in [0.15, 0.2) is 0 Å². The Labute approximate surface area is 576 Å². The van der Waals surface area contributed by atoms with Crippen molar-refractivity contribution in [1.82, 2.24) is 33.3 Å². The van der Waals surface area contributed by atoms with Crippen molar-refractivity contribution in [2.24, 2.45) is 0 Å². The number of aromatic nitrogens is 6. The van der Waals surface area contributed by atoms with Crippen LogP contribution in [0, 0.1) is 47.8 Å². The first kappa shape index (κ1) is 76.3. The first-order valence-corrected chi connectivity index (χ1v) is 36.1. The summed E-state index contributed by atoms with van der Waals surface area (Å²) < 4.78 is 124. The van der Waals surface area contributed by atoms with Crippen LogP contribution in [0.2, 0.25) is 0 Å². The number of aryl methyl sites for hydroxylation is 2. The molecule has 0 saturated carbocycles. The van der Waals surface area contributed by atoms with Gasteiger partial charge in [0.25, 0.3) is 19.6 Å². The van der Waals surface area contributed by atoms with Crippen LogP contribution in [0.4, 0.5) is 5.82 Å². The van der Waals surface area contributed by atoms with Gasteiger partial charge in [0.05, 0.1) is 97.4 Å². The zero-order valence-corrected chi connectivity index (χ0v) is 58.9. The second-order valence-electron chi connectivity index (χ2n) is 23.9. The molecule has 3 aliphatic rings. The van der Waals surface area contributed by atoms with E-state index in [0.29, 0.717) is 28.2 Å². The van der Waals surface area contributed by atoms with Crippen molar-refractivity contribution in [3.05, 3.63) is 183 Å². The summed E-state index contributed by atoms with van der Waals surface area (Å²) in [6.45, 7) is 7.75. The van der Waals surface area contributed by atoms with Gasteiger partial charge in [-0.05, 0) is 88.6 Å². The van der Waals surface area contributed by atoms with Gasteiger partial charge in [-0.25, -0.2) is 28.2 Å². The number of nitrogen functional groups attached to an aromatic ring is 1. The fourth-order valence-corrected chi connectivity index (χ4v) is 16.1. The molecule has 3 fully saturated rings. The zero-order chi connectivity index (χ0) is 71.9. The smallest absolute Gasteiger partial charge is 0.475 e. The van der Waals surface area contributed by atoms with E-state index in [4.69, 9.17) is 70.3 Å². The first-order valence-electron chi connectivity index (χ1n) is 32.0. The Balaban J connectivity index is 1.06. The molecule has 4 N–H and O–H groups in total. The van der Waals surface area contributed by atoms with Gasteiger partial charge in [-0.2, -0.15) is 20.8 Å². The minimum Gasteiger partial charge on any atom is -0.497 e. The molecule has 3 aliphatic heterocycles. The van der Waals surface area contributed by atoms with Crippen molar-refractivity contribution in [1.29, 1.82) is 15.8 Å². The standard InChI is InChI=1S/C65H80N11O21P3/c1-41(2)76(42(3)4)98(87-30-12-26-66)95-50-33-57(73-29-25-56(69)70-62(73)79)93-54(50)39-90-99(82,88-31-13-27-67)97-52-35-59(75-37-44(6)61(78)72-64(75)81)94-55(52)40-91-100(83,89-32-14-28-68)96-51-34-58(74-36-43(5)60(77)71-63(74)80)92-53(51)38-86-65(45-15-10-9-11-16-45,46-17-21-48(84-7)22-18-46)47-19-23-49(85-8)24-20-47/h9-11,15-25,29,36-37,41-42,50-55,57-59H,12-14,30-35,38-40H2,1-8H3,(H2,69,70,79)(H,71,77,80)(H,72,78,81)/t50-,51-,52-,53+,54+,55+,57+,58+,59+,98?,99?,100?/m0/s1. The fourth-order valence-electron chi connectivity index (χ4n) is 11.6. The van der Waals surface area contributed by atoms with Gasteiger partial charge in [-0.1, -0.05) is 54.6 Å². The number of rotatable bonds is 35. The average Bonchev–Trinajstić information content (AvgIpc) is 0.966. The van der Waals surface area contributed by atoms with E-state index in [1.807, 2.05) is 99.1 Å². The number of methoxy groups -OCH3 is 2. The lowest BCUT2D eigenvalue weighted by Gasteiger charge is -2.37. The van der Waals surface area contributed by atoms with Crippen LogP contribution in [0.3, 0.4) is 0 Å². The van der Waals surface area contributed by atoms with Crippen molar-refractivity contribution in [3.63, 3.8) is 0 Å². The topological polar surface area (TPSA) is 409 Å². The van der Waals surface area contributed by atoms with Crippen molar-refractivity contribution in [3.8, 4) is 29.7 Å². The molecule has 3 aromatic heterocycles. The molecule has 100 heavy (non-hydrogen) atoms. The average molecular weight is 1440 g/mol. The summed E-state index contributed by atoms with van der Waals surface area (Å²) in [7, 11) is -9.02. The van der Waals surface area contributed by atoms with Crippen LogP contribution >= 0.6 is 24.2 Å². The highest BCUT2D eigenvalue weighted by Crippen LogP contribution is 2.58. The van der Waals surface area contributed by atoms with Crippen molar-refractivity contribution in [2.45, 2.75) is 153 Å². The number of aromatic amines is 2. The van der Waals surface area contributed by atoms with E-state index in [1.54, 1.807) is 24.3 Å². The van der Waals surface area contributed by atoms with Crippen LogP contribution in [-0.4, -0.2) is 136 Å². The molecule has 32 nitrogen and oxygen atoms in total. The van der Waals surface area contributed by atoms with Crippen molar-refractivity contribution < 1.29 is 73.7 Å². The second kappa shape index (κ2) is 34.7. The second-order valence-corrected chi connectivity index (χ2v) is 28.5. The highest BCUT2D eigenvalue weighted by molar-refractivity contribution is 7.48. The summed E-state index contributed by atoms with van der Waals surface area (Å²) in [6, 6.07) is 30.7. The molecule has 6 aromatic rings. The number of nitrogens with two attached hydrogens (primary N) is 1. The normalized spacial score (nSPS) is 22.3. The van der Waals surface area contributed by atoms with Crippen LogP contribution in [0.15, 0.2) is 127 Å². The Morgan fingerprint density at radius 1 is 0.610 bits per heavy atom. The van der Waals surface area contributed by atoms with Crippen LogP contribution in [-0.2, 0) is 69.9 Å². The van der Waals surface area contributed by atoms with E-state index in [1.165, 1.54) is 57.3 Å². The number of nitriles is 3. The summed E-state index contributed by atoms with van der Waals surface area (Å²) in [5, 5.41) is 28.9. The largest absolute Gasteiger partial charge is 0.497 e. The summed E-state index contributed by atoms with van der Waals surface area (Å²) in [5.41, 5.74) is 2.67. The Kier molecular flexibility index (Phi) is 26.5. The number of H-pyrrole nitrogens is 2. The van der Waals surface area contributed by atoms with Gasteiger partial charge in [0.2, 0.25) is 0 Å². The number of phosphoric ester groups is 2. The van der Waals surface area contributed by atoms with E-state index in [0.717, 1.165) is 9.13 Å². The maximum Gasteiger partial charge on any atom is 0.475 e. The quantitative estimate of drug-likeness (QED) is 0.0193. The Morgan fingerprint density at radius 2 is 1.04 bits per heavy atom. The molecular weight excluding hydrogens is 1360 g/mol. The van der Waals surface area contributed by atoms with E-state index >= 15 is 9.13 Å². The van der Waals surface area contributed by atoms with Gasteiger partial charge in [0, 0.05) is 61.1 Å². The fraction of sp³-hybridized carbons (Fsp3) is 0.492.